The van der Waals surface area contributed by atoms with Crippen LogP contribution in [0.5, 0.6) is 0 Å². The molecule has 3 N–H and O–H groups in total. The lowest BCUT2D eigenvalue weighted by Crippen LogP contribution is -2.15. The van der Waals surface area contributed by atoms with Gasteiger partial charge in [0.1, 0.15) is 5.82 Å². The van der Waals surface area contributed by atoms with Gasteiger partial charge in [-0.3, -0.25) is 4.99 Å². The smallest absolute Gasteiger partial charge is 0.144 e. The first kappa shape index (κ1) is 47.7. The number of aromatic amines is 2. The molecule has 9 nitrogen and oxygen atoms in total. The summed E-state index contributed by atoms with van der Waals surface area (Å²) in [5.74, 6) is 1.22. The minimum atomic E-state index is -0.0633. The van der Waals surface area contributed by atoms with E-state index < -0.39 is 0 Å². The second-order valence-electron chi connectivity index (χ2n) is 15.5. The highest BCUT2D eigenvalue weighted by atomic mass is 15.1. The van der Waals surface area contributed by atoms with Crippen molar-refractivity contribution >= 4 is 57.8 Å². The van der Waals surface area contributed by atoms with Crippen LogP contribution in [0.4, 0.5) is 0 Å². The molecule has 0 fully saturated rings. The van der Waals surface area contributed by atoms with Crippen LogP contribution >= 0.6 is 0 Å². The standard InChI is InChI=1S/C45H53N9.C4H10.C3H8/c1-10-14-27-53(12-3)32(9)43-37-19-15-33(49-37)41(30(7)46-24-11-2)35-17-21-39(51-35)44(45-48-26-28-54(45)13-4)40-22-18-36(52-40)42(34-16-20-38(43)50-34)31(8)47-25-23-29(5)6;1-3-4-2;1-3-2/h11,14-30,46,50-51H,9-10,12-13H2,1-8H3;3-4H2,1-2H3;3H2,1-2H3/b24-11-,25-23-,27-14-,41-33?,41-35?,42-34?,42-36?,43-37?,43-38?,44-39?,44-40?,47-31?;;. The second-order valence-corrected chi connectivity index (χ2v) is 15.5. The van der Waals surface area contributed by atoms with Crippen molar-refractivity contribution in [3.05, 3.63) is 120 Å². The molecule has 0 saturated carbocycles. The molecule has 0 aromatic carbocycles. The molecular formula is C52H71N9. The zero-order valence-electron chi connectivity index (χ0n) is 39.0. The summed E-state index contributed by atoms with van der Waals surface area (Å²) in [5, 5.41) is 3.55. The summed E-state index contributed by atoms with van der Waals surface area (Å²) >= 11 is 0. The minimum Gasteiger partial charge on any atom is -0.384 e. The highest BCUT2D eigenvalue weighted by Gasteiger charge is 2.22. The molecule has 6 heterocycles. The average Bonchev–Trinajstić information content (AvgIpc) is 4.11. The maximum atomic E-state index is 5.37. The van der Waals surface area contributed by atoms with E-state index in [2.05, 4.69) is 167 Å². The molecule has 6 rings (SSSR count). The summed E-state index contributed by atoms with van der Waals surface area (Å²) in [4.78, 5) is 30.2. The van der Waals surface area contributed by atoms with Gasteiger partial charge in [0.05, 0.1) is 45.4 Å². The van der Waals surface area contributed by atoms with E-state index in [1.54, 1.807) is 0 Å². The zero-order valence-corrected chi connectivity index (χ0v) is 39.0. The molecule has 4 aromatic rings. The van der Waals surface area contributed by atoms with Crippen LogP contribution < -0.4 is 5.32 Å². The highest BCUT2D eigenvalue weighted by Crippen LogP contribution is 2.34. The molecule has 4 aromatic heterocycles. The SMILES string of the molecule is C=C(c1c2nc(c(C(C)N/C=C\C)c3ccc([nH]3)c(-c3nccn3CC)c3nc(c(C(C)=N/C=C\C(C)C)c4ccc1[nH]4)C=C3)C=C2)N(/C=C\CC)CC.CCC.CCCC. The van der Waals surface area contributed by atoms with Crippen molar-refractivity contribution in [2.45, 2.75) is 121 Å². The van der Waals surface area contributed by atoms with Crippen LogP contribution in [0.3, 0.4) is 0 Å². The van der Waals surface area contributed by atoms with E-state index >= 15 is 0 Å². The quantitative estimate of drug-likeness (QED) is 0.0950. The first-order chi connectivity index (χ1) is 29.5. The molecule has 9 heteroatoms. The number of aryl methyl sites for hydroxylation is 1. The van der Waals surface area contributed by atoms with Crippen LogP contribution in [0.25, 0.3) is 63.5 Å². The molecule has 61 heavy (non-hydrogen) atoms. The van der Waals surface area contributed by atoms with Crippen molar-refractivity contribution in [2.75, 3.05) is 6.54 Å². The van der Waals surface area contributed by atoms with Crippen molar-refractivity contribution in [1.82, 2.24) is 39.7 Å². The Hall–Kier alpha value is -5.96. The fourth-order valence-electron chi connectivity index (χ4n) is 6.87. The lowest BCUT2D eigenvalue weighted by atomic mass is 10.1. The monoisotopic (exact) mass is 822 g/mol. The third-order valence-electron chi connectivity index (χ3n) is 10.1. The molecule has 324 valence electrons. The number of H-pyrrole nitrogens is 2. The lowest BCUT2D eigenvalue weighted by Gasteiger charge is -2.22. The normalized spacial score (nSPS) is 12.9. The second kappa shape index (κ2) is 23.7. The van der Waals surface area contributed by atoms with Gasteiger partial charge in [-0.1, -0.05) is 92.5 Å². The fraction of sp³-hybridized carbons (Fsp3) is 0.385. The zero-order chi connectivity index (χ0) is 44.5. The summed E-state index contributed by atoms with van der Waals surface area (Å²) < 4.78 is 2.15. The molecule has 1 atom stereocenters. The molecule has 1 unspecified atom stereocenters. The predicted octanol–water partition coefficient (Wildman–Crippen LogP) is 14.1. The van der Waals surface area contributed by atoms with Crippen molar-refractivity contribution in [2.24, 2.45) is 10.9 Å². The molecule has 0 spiro atoms. The van der Waals surface area contributed by atoms with Gasteiger partial charge in [-0.25, -0.2) is 15.0 Å². The Morgan fingerprint density at radius 2 is 1.43 bits per heavy atom. The number of imidazole rings is 1. The van der Waals surface area contributed by atoms with Crippen LogP contribution in [0, 0.1) is 5.92 Å². The van der Waals surface area contributed by atoms with Crippen molar-refractivity contribution < 1.29 is 0 Å². The number of allylic oxidation sites excluding steroid dienone is 3. The van der Waals surface area contributed by atoms with Gasteiger partial charge in [0.2, 0.25) is 0 Å². The van der Waals surface area contributed by atoms with Crippen LogP contribution in [0.1, 0.15) is 154 Å². The van der Waals surface area contributed by atoms with E-state index in [1.807, 2.05) is 44.7 Å². The number of rotatable bonds is 14. The minimum absolute atomic E-state index is 0.0633. The number of hydrogen-bond donors (Lipinski definition) is 3. The molecule has 0 aliphatic carbocycles. The number of aromatic nitrogens is 6. The van der Waals surface area contributed by atoms with Crippen molar-refractivity contribution in [3.63, 3.8) is 0 Å². The van der Waals surface area contributed by atoms with E-state index in [9.17, 15) is 0 Å². The first-order valence-electron chi connectivity index (χ1n) is 22.4. The summed E-state index contributed by atoms with van der Waals surface area (Å²) in [5.41, 5.74) is 12.5. The van der Waals surface area contributed by atoms with Gasteiger partial charge in [0.15, 0.2) is 0 Å². The van der Waals surface area contributed by atoms with E-state index in [1.165, 1.54) is 19.3 Å². The van der Waals surface area contributed by atoms with Gasteiger partial charge in [-0.15, -0.1) is 0 Å². The molecule has 0 saturated heterocycles. The summed E-state index contributed by atoms with van der Waals surface area (Å²) in [6.07, 6.45) is 29.3. The Bertz CT molecular complexity index is 2420. The molecule has 2 aliphatic heterocycles. The molecular weight excluding hydrogens is 751 g/mol. The van der Waals surface area contributed by atoms with E-state index in [0.29, 0.717) is 5.92 Å². The Morgan fingerprint density at radius 1 is 0.836 bits per heavy atom. The van der Waals surface area contributed by atoms with Gasteiger partial charge >= 0.3 is 0 Å². The number of nitrogens with zero attached hydrogens (tertiary/aromatic N) is 6. The number of fused-ring (bicyclic) bond motifs is 8. The van der Waals surface area contributed by atoms with E-state index in [4.69, 9.17) is 19.9 Å². The highest BCUT2D eigenvalue weighted by molar-refractivity contribution is 6.08. The maximum absolute atomic E-state index is 5.37. The Balaban J connectivity index is 0.00000109. The summed E-state index contributed by atoms with van der Waals surface area (Å²) in [6, 6.07) is 8.43. The third kappa shape index (κ3) is 11.9. The van der Waals surface area contributed by atoms with Gasteiger partial charge < -0.3 is 24.8 Å². The topological polar surface area (TPSA) is 103 Å². The first-order valence-corrected chi connectivity index (χ1v) is 22.4. The number of nitrogens with one attached hydrogen (secondary N) is 3. The maximum Gasteiger partial charge on any atom is 0.144 e. The Kier molecular flexibility index (Phi) is 18.6. The molecule has 0 amide bonds. The third-order valence-corrected chi connectivity index (χ3v) is 10.1. The largest absolute Gasteiger partial charge is 0.384 e. The van der Waals surface area contributed by atoms with Gasteiger partial charge in [-0.05, 0) is 108 Å². The number of aliphatic imine (C=N–C) groups is 1. The van der Waals surface area contributed by atoms with Crippen molar-refractivity contribution in [1.29, 1.82) is 0 Å². The average molecular weight is 822 g/mol. The number of hydrogen-bond acceptors (Lipinski definition) is 6. The van der Waals surface area contributed by atoms with Crippen LogP contribution in [-0.2, 0) is 6.54 Å². The summed E-state index contributed by atoms with van der Waals surface area (Å²) in [7, 11) is 0. The van der Waals surface area contributed by atoms with Gasteiger partial charge in [-0.2, -0.15) is 0 Å². The van der Waals surface area contributed by atoms with Gasteiger partial charge in [0.25, 0.3) is 0 Å². The van der Waals surface area contributed by atoms with Crippen molar-refractivity contribution in [3.8, 4) is 11.4 Å². The fourth-order valence-corrected chi connectivity index (χ4v) is 6.87. The van der Waals surface area contributed by atoms with Crippen LogP contribution in [0.15, 0.2) is 85.1 Å². The Morgan fingerprint density at radius 3 is 2.05 bits per heavy atom. The molecule has 2 aliphatic rings. The molecule has 0 radical (unpaired) electrons. The van der Waals surface area contributed by atoms with E-state index in [0.717, 1.165) is 104 Å². The number of unbranched alkanes of at least 4 members (excludes halogenated alkanes) is 1. The Labute approximate surface area is 366 Å². The van der Waals surface area contributed by atoms with Crippen LogP contribution in [-0.4, -0.2) is 46.6 Å². The lowest BCUT2D eigenvalue weighted by molar-refractivity contribution is 0.561. The predicted molar refractivity (Wildman–Crippen MR) is 266 cm³/mol. The van der Waals surface area contributed by atoms with E-state index in [-0.39, 0.29) is 6.04 Å². The van der Waals surface area contributed by atoms with Crippen LogP contribution in [0.2, 0.25) is 0 Å². The van der Waals surface area contributed by atoms with Gasteiger partial charge in [0, 0.05) is 70.8 Å². The molecule has 8 bridgehead atoms. The summed E-state index contributed by atoms with van der Waals surface area (Å²) in [6.45, 7) is 31.7.